The Morgan fingerprint density at radius 2 is 1.95 bits per heavy atom. The van der Waals surface area contributed by atoms with Crippen molar-refractivity contribution >= 4 is 39.1 Å². The normalized spacial score (nSPS) is 20.2. The summed E-state index contributed by atoms with van der Waals surface area (Å²) in [6, 6.07) is 8.05. The third-order valence-corrected chi connectivity index (χ3v) is 8.90. The summed E-state index contributed by atoms with van der Waals surface area (Å²) in [6.07, 6.45) is 1.65. The molecule has 2 saturated heterocycles. The molecule has 0 unspecified atom stereocenters. The van der Waals surface area contributed by atoms with E-state index >= 15 is 8.78 Å². The largest absolute Gasteiger partial charge is 0.468 e. The molecule has 0 bridgehead atoms. The number of hydrogen-bond donors (Lipinski definition) is 0. The van der Waals surface area contributed by atoms with Gasteiger partial charge in [-0.25, -0.2) is 13.2 Å². The number of anilines is 1. The molecular weight excluding hydrogens is 581 g/mol. The van der Waals surface area contributed by atoms with E-state index < -0.39 is 23.3 Å². The maximum absolute atomic E-state index is 16.8. The van der Waals surface area contributed by atoms with Crippen LogP contribution < -0.4 is 14.4 Å². The lowest BCUT2D eigenvalue weighted by Crippen LogP contribution is -2.43. The van der Waals surface area contributed by atoms with Gasteiger partial charge in [0.15, 0.2) is 12.6 Å². The smallest absolute Gasteiger partial charge is 0.319 e. The van der Waals surface area contributed by atoms with Gasteiger partial charge in [-0.05, 0) is 72.0 Å². The van der Waals surface area contributed by atoms with Gasteiger partial charge in [0.2, 0.25) is 0 Å². The number of aryl methyl sites for hydroxylation is 1. The van der Waals surface area contributed by atoms with Crippen molar-refractivity contribution in [2.75, 3.05) is 52.6 Å². The van der Waals surface area contributed by atoms with Gasteiger partial charge in [0.1, 0.15) is 35.7 Å². The molecule has 2 aliphatic rings. The van der Waals surface area contributed by atoms with Crippen LogP contribution in [0.25, 0.3) is 32.8 Å². The van der Waals surface area contributed by atoms with Crippen LogP contribution in [0.1, 0.15) is 31.7 Å². The number of alkyl halides is 1. The zero-order chi connectivity index (χ0) is 30.5. The van der Waals surface area contributed by atoms with E-state index in [1.807, 2.05) is 6.92 Å². The first kappa shape index (κ1) is 29.7. The van der Waals surface area contributed by atoms with E-state index in [1.165, 1.54) is 13.2 Å². The molecular formula is C32H34ClF3N4O3. The number of fused-ring (bicyclic) bond motifs is 3. The minimum atomic E-state index is -0.905. The van der Waals surface area contributed by atoms with E-state index in [9.17, 15) is 4.39 Å². The van der Waals surface area contributed by atoms with Crippen LogP contribution in [0.3, 0.4) is 0 Å². The van der Waals surface area contributed by atoms with Crippen molar-refractivity contribution in [3.63, 3.8) is 0 Å². The van der Waals surface area contributed by atoms with Gasteiger partial charge in [-0.15, -0.1) is 0 Å². The van der Waals surface area contributed by atoms with Crippen LogP contribution in [0.5, 0.6) is 11.8 Å². The second-order valence-electron chi connectivity index (χ2n) is 11.5. The highest BCUT2D eigenvalue weighted by atomic mass is 35.5. The van der Waals surface area contributed by atoms with Crippen LogP contribution >= 0.6 is 11.6 Å². The molecule has 2 atom stereocenters. The van der Waals surface area contributed by atoms with E-state index in [1.54, 1.807) is 43.3 Å². The predicted molar refractivity (Wildman–Crippen MR) is 162 cm³/mol. The molecule has 3 aromatic carbocycles. The molecule has 0 spiro atoms. The number of halogens is 4. The van der Waals surface area contributed by atoms with Crippen LogP contribution in [0, 0.1) is 11.6 Å². The second kappa shape index (κ2) is 11.6. The van der Waals surface area contributed by atoms with Crippen molar-refractivity contribution in [3.8, 4) is 22.9 Å². The van der Waals surface area contributed by atoms with Gasteiger partial charge in [0.25, 0.3) is 0 Å². The molecule has 0 aliphatic carbocycles. The Morgan fingerprint density at radius 1 is 1.14 bits per heavy atom. The fraction of sp³-hybridized carbons (Fsp3) is 0.438. The quantitative estimate of drug-likeness (QED) is 0.189. The molecule has 1 aromatic heterocycles. The van der Waals surface area contributed by atoms with Gasteiger partial charge in [-0.3, -0.25) is 4.90 Å². The van der Waals surface area contributed by atoms with Crippen molar-refractivity contribution in [2.24, 2.45) is 0 Å². The average Bonchev–Trinajstić information content (AvgIpc) is 3.50. The summed E-state index contributed by atoms with van der Waals surface area (Å²) in [5, 5.41) is 1.71. The molecule has 0 saturated carbocycles. The maximum atomic E-state index is 16.8. The Bertz CT molecular complexity index is 1700. The van der Waals surface area contributed by atoms with Gasteiger partial charge in [0, 0.05) is 45.1 Å². The molecule has 11 heteroatoms. The van der Waals surface area contributed by atoms with Crippen LogP contribution in [0.15, 0.2) is 30.3 Å². The standard InChI is InChI=1S/C32H34ClF3N4O3/c1-5-21-25(35)8-7-18-11-20(43-17-41-4)12-22(26(18)21)27-24(33)13-23-29(28(27)36)37-31(38-30(23)39(2)3)42-16-32-9-6-10-40(32)15-19(34)14-32/h7-8,11-13,19H,5-6,9-10,14-17H2,1-4H3/t19-,32+/m1/s1. The topological polar surface area (TPSA) is 60.0 Å². The lowest BCUT2D eigenvalue weighted by molar-refractivity contribution is 0.0512. The maximum Gasteiger partial charge on any atom is 0.319 e. The van der Waals surface area contributed by atoms with Crippen LogP contribution in [-0.4, -0.2) is 74.3 Å². The van der Waals surface area contributed by atoms with Crippen molar-refractivity contribution in [2.45, 2.75) is 44.3 Å². The van der Waals surface area contributed by atoms with Crippen LogP contribution in [0.2, 0.25) is 5.02 Å². The summed E-state index contributed by atoms with van der Waals surface area (Å²) in [5.41, 5.74) is 0.465. The molecule has 43 heavy (non-hydrogen) atoms. The molecule has 7 nitrogen and oxygen atoms in total. The summed E-state index contributed by atoms with van der Waals surface area (Å²) in [6.45, 7) is 3.24. The fourth-order valence-electron chi connectivity index (χ4n) is 6.70. The van der Waals surface area contributed by atoms with Crippen molar-refractivity contribution in [3.05, 3.63) is 52.6 Å². The highest BCUT2D eigenvalue weighted by Crippen LogP contribution is 2.44. The van der Waals surface area contributed by atoms with Gasteiger partial charge >= 0.3 is 6.01 Å². The molecule has 6 rings (SSSR count). The lowest BCUT2D eigenvalue weighted by Gasteiger charge is -2.31. The van der Waals surface area contributed by atoms with E-state index in [0.29, 0.717) is 58.2 Å². The van der Waals surface area contributed by atoms with E-state index in [0.717, 1.165) is 19.4 Å². The van der Waals surface area contributed by atoms with Gasteiger partial charge in [0.05, 0.1) is 10.6 Å². The van der Waals surface area contributed by atoms with E-state index in [-0.39, 0.29) is 35.5 Å². The molecule has 3 heterocycles. The number of hydrogen-bond acceptors (Lipinski definition) is 7. The molecule has 0 radical (unpaired) electrons. The number of methoxy groups -OCH3 is 1. The van der Waals surface area contributed by atoms with Crippen molar-refractivity contribution in [1.29, 1.82) is 0 Å². The molecule has 2 fully saturated rings. The lowest BCUT2D eigenvalue weighted by atomic mass is 9.92. The number of ether oxygens (including phenoxy) is 3. The third kappa shape index (κ3) is 5.23. The Kier molecular flexibility index (Phi) is 8.04. The number of aromatic nitrogens is 2. The van der Waals surface area contributed by atoms with E-state index in [2.05, 4.69) is 14.9 Å². The minimum Gasteiger partial charge on any atom is -0.468 e. The number of benzene rings is 3. The first-order chi connectivity index (χ1) is 20.7. The average molecular weight is 615 g/mol. The summed E-state index contributed by atoms with van der Waals surface area (Å²) in [4.78, 5) is 13.0. The first-order valence-electron chi connectivity index (χ1n) is 14.4. The summed E-state index contributed by atoms with van der Waals surface area (Å²) in [7, 11) is 5.07. The highest BCUT2D eigenvalue weighted by molar-refractivity contribution is 6.35. The monoisotopic (exact) mass is 614 g/mol. The Balaban J connectivity index is 1.52. The fourth-order valence-corrected chi connectivity index (χ4v) is 7.00. The molecule has 228 valence electrons. The first-order valence-corrected chi connectivity index (χ1v) is 14.8. The van der Waals surface area contributed by atoms with Crippen LogP contribution in [0.4, 0.5) is 19.0 Å². The highest BCUT2D eigenvalue weighted by Gasteiger charge is 2.49. The predicted octanol–water partition coefficient (Wildman–Crippen LogP) is 6.95. The third-order valence-electron chi connectivity index (χ3n) is 8.60. The Morgan fingerprint density at radius 3 is 2.70 bits per heavy atom. The summed E-state index contributed by atoms with van der Waals surface area (Å²) in [5.74, 6) is -0.253. The zero-order valence-electron chi connectivity index (χ0n) is 24.6. The summed E-state index contributed by atoms with van der Waals surface area (Å²) >= 11 is 6.83. The second-order valence-corrected chi connectivity index (χ2v) is 11.9. The van der Waals surface area contributed by atoms with Crippen molar-refractivity contribution in [1.82, 2.24) is 14.9 Å². The number of nitrogens with zero attached hydrogens (tertiary/aromatic N) is 4. The van der Waals surface area contributed by atoms with Gasteiger partial charge in [-0.1, -0.05) is 24.6 Å². The Labute approximate surface area is 253 Å². The minimum absolute atomic E-state index is 0.00534. The molecule has 2 aliphatic heterocycles. The Hall–Kier alpha value is -3.34. The molecule has 0 amide bonds. The van der Waals surface area contributed by atoms with Crippen LogP contribution in [-0.2, 0) is 11.2 Å². The number of rotatable bonds is 9. The molecule has 4 aromatic rings. The van der Waals surface area contributed by atoms with E-state index in [4.69, 9.17) is 25.8 Å². The zero-order valence-corrected chi connectivity index (χ0v) is 25.4. The van der Waals surface area contributed by atoms with Crippen molar-refractivity contribution < 1.29 is 27.4 Å². The SMILES string of the molecule is CCc1c(F)ccc2cc(OCOC)cc(-c3c(Cl)cc4c(N(C)C)nc(OC[C@@]56CCCN5C[C@H](F)C6)nc4c3F)c12. The van der Waals surface area contributed by atoms with Gasteiger partial charge in [-0.2, -0.15) is 9.97 Å². The van der Waals surface area contributed by atoms with Gasteiger partial charge < -0.3 is 19.1 Å². The molecule has 0 N–H and O–H groups in total. The summed E-state index contributed by atoms with van der Waals surface area (Å²) < 4.78 is 63.1.